The van der Waals surface area contributed by atoms with E-state index in [4.69, 9.17) is 0 Å². The second-order valence-electron chi connectivity index (χ2n) is 6.64. The van der Waals surface area contributed by atoms with Crippen molar-refractivity contribution in [2.75, 3.05) is 30.0 Å². The van der Waals surface area contributed by atoms with Gasteiger partial charge in [0.05, 0.1) is 47.3 Å². The largest absolute Gasteiger partial charge is 0.395 e. The molecule has 1 aromatic heterocycles. The maximum absolute atomic E-state index is 12.7. The minimum atomic E-state index is -3.41. The lowest BCUT2D eigenvalue weighted by atomic mass is 10.2. The monoisotopic (exact) mass is 374 g/mol. The first-order valence-corrected chi connectivity index (χ1v) is 10.0. The van der Waals surface area contributed by atoms with Crippen molar-refractivity contribution in [3.05, 3.63) is 11.4 Å². The van der Waals surface area contributed by atoms with Crippen LogP contribution >= 0.6 is 0 Å². The van der Waals surface area contributed by atoms with Crippen LogP contribution in [0.5, 0.6) is 0 Å². The normalized spacial score (nSPS) is 22.4. The van der Waals surface area contributed by atoms with E-state index in [1.807, 2.05) is 20.8 Å². The summed E-state index contributed by atoms with van der Waals surface area (Å²) in [7, 11) is -3.41. The van der Waals surface area contributed by atoms with Crippen molar-refractivity contribution in [2.24, 2.45) is 0 Å². The van der Waals surface area contributed by atoms with Gasteiger partial charge in [-0.15, -0.1) is 0 Å². The predicted molar refractivity (Wildman–Crippen MR) is 93.3 cm³/mol. The smallest absolute Gasteiger partial charge is 0.322 e. The highest BCUT2D eigenvalue weighted by Crippen LogP contribution is 2.24. The van der Waals surface area contributed by atoms with Gasteiger partial charge >= 0.3 is 6.03 Å². The van der Waals surface area contributed by atoms with E-state index in [2.05, 4.69) is 10.4 Å². The van der Waals surface area contributed by atoms with Crippen molar-refractivity contribution in [3.63, 3.8) is 0 Å². The van der Waals surface area contributed by atoms with Gasteiger partial charge in [0, 0.05) is 12.6 Å². The zero-order chi connectivity index (χ0) is 18.9. The molecule has 2 heterocycles. The Bertz CT molecular complexity index is 743. The molecule has 9 nitrogen and oxygen atoms in total. The van der Waals surface area contributed by atoms with E-state index in [1.165, 1.54) is 4.90 Å². The number of aromatic nitrogens is 2. The van der Waals surface area contributed by atoms with Crippen LogP contribution < -0.4 is 5.32 Å². The van der Waals surface area contributed by atoms with Crippen molar-refractivity contribution in [1.29, 1.82) is 0 Å². The first kappa shape index (κ1) is 19.7. The zero-order valence-corrected chi connectivity index (χ0v) is 15.7. The Labute approximate surface area is 147 Å². The number of rotatable bonds is 5. The molecule has 2 atom stereocenters. The lowest BCUT2D eigenvalue weighted by molar-refractivity contribution is 0.0920. The van der Waals surface area contributed by atoms with E-state index in [9.17, 15) is 23.4 Å². The second-order valence-corrected chi connectivity index (χ2v) is 8.80. The summed E-state index contributed by atoms with van der Waals surface area (Å²) in [5.74, 6) is -0.693. The van der Waals surface area contributed by atoms with Crippen molar-refractivity contribution in [3.8, 4) is 0 Å². The molecule has 3 N–H and O–H groups in total. The average Bonchev–Trinajstić information content (AvgIpc) is 2.93. The Morgan fingerprint density at radius 1 is 1.40 bits per heavy atom. The highest BCUT2D eigenvalue weighted by molar-refractivity contribution is 7.91. The molecule has 0 radical (unpaired) electrons. The first-order chi connectivity index (χ1) is 11.6. The molecule has 25 heavy (non-hydrogen) atoms. The number of aliphatic hydroxyl groups is 2. The lowest BCUT2D eigenvalue weighted by Crippen LogP contribution is -2.49. The van der Waals surface area contributed by atoms with Crippen LogP contribution in [0.1, 0.15) is 31.3 Å². The van der Waals surface area contributed by atoms with Gasteiger partial charge in [0.1, 0.15) is 0 Å². The maximum Gasteiger partial charge on any atom is 0.322 e. The minimum Gasteiger partial charge on any atom is -0.395 e. The van der Waals surface area contributed by atoms with Gasteiger partial charge in [0.2, 0.25) is 0 Å². The molecule has 0 spiro atoms. The summed E-state index contributed by atoms with van der Waals surface area (Å²) in [4.78, 5) is 13.9. The number of hydrogen-bond donors (Lipinski definition) is 3. The van der Waals surface area contributed by atoms with E-state index in [-0.39, 0.29) is 30.7 Å². The van der Waals surface area contributed by atoms with Crippen LogP contribution in [0.3, 0.4) is 0 Å². The lowest BCUT2D eigenvalue weighted by Gasteiger charge is -2.29. The molecular weight excluding hydrogens is 348 g/mol. The summed E-state index contributed by atoms with van der Waals surface area (Å²) in [5, 5.41) is 26.4. The fourth-order valence-corrected chi connectivity index (χ4v) is 4.96. The van der Waals surface area contributed by atoms with Gasteiger partial charge in [-0.1, -0.05) is 0 Å². The van der Waals surface area contributed by atoms with Gasteiger partial charge < -0.3 is 20.4 Å². The van der Waals surface area contributed by atoms with Gasteiger partial charge in [-0.2, -0.15) is 5.10 Å². The summed E-state index contributed by atoms with van der Waals surface area (Å²) >= 11 is 0. The van der Waals surface area contributed by atoms with Gasteiger partial charge in [-0.3, -0.25) is 4.68 Å². The van der Waals surface area contributed by atoms with E-state index < -0.39 is 28.0 Å². The number of hydrogen-bond acceptors (Lipinski definition) is 6. The number of aryl methyl sites for hydroxylation is 1. The Morgan fingerprint density at radius 3 is 2.48 bits per heavy atom. The molecule has 1 aromatic rings. The van der Waals surface area contributed by atoms with Crippen molar-refractivity contribution >= 4 is 21.6 Å². The van der Waals surface area contributed by atoms with Crippen molar-refractivity contribution in [2.45, 2.75) is 45.9 Å². The van der Waals surface area contributed by atoms with Crippen LogP contribution in [0.4, 0.5) is 10.5 Å². The number of sulfone groups is 1. The van der Waals surface area contributed by atoms with E-state index in [0.29, 0.717) is 11.4 Å². The molecule has 2 rings (SSSR count). The number of carbonyl (C=O) groups is 1. The molecule has 1 aliphatic heterocycles. The van der Waals surface area contributed by atoms with Crippen molar-refractivity contribution < 1.29 is 23.4 Å². The predicted octanol–water partition coefficient (Wildman–Crippen LogP) is 0.0649. The molecule has 0 unspecified atom stereocenters. The van der Waals surface area contributed by atoms with Crippen LogP contribution in [0.2, 0.25) is 0 Å². The molecule has 1 saturated heterocycles. The van der Waals surface area contributed by atoms with Gasteiger partial charge in [-0.05, 0) is 27.7 Å². The number of aliphatic hydroxyl groups excluding tert-OH is 2. The molecule has 0 aromatic carbocycles. The molecular formula is C15H26N4O5S. The molecule has 10 heteroatoms. The number of nitrogens with one attached hydrogen (secondary N) is 1. The second kappa shape index (κ2) is 7.30. The highest BCUT2D eigenvalue weighted by atomic mass is 32.2. The minimum absolute atomic E-state index is 0.0699. The standard InChI is InChI=1S/C15H26N4O5S/c1-9(2)19-11(4)14(10(3)17-19)16-15(22)18(5-6-20)12-7-25(23,24)8-13(12)21/h9,12-13,20-21H,5-8H2,1-4H3,(H,16,22)/t12-,13-/m1/s1. The molecule has 2 amide bonds. The Morgan fingerprint density at radius 2 is 2.04 bits per heavy atom. The van der Waals surface area contributed by atoms with Crippen LogP contribution in [-0.2, 0) is 9.84 Å². The van der Waals surface area contributed by atoms with Crippen LogP contribution in [0.15, 0.2) is 0 Å². The number of anilines is 1. The number of amides is 2. The molecule has 0 aliphatic carbocycles. The molecule has 0 saturated carbocycles. The van der Waals surface area contributed by atoms with Crippen LogP contribution in [-0.4, -0.2) is 76.1 Å². The van der Waals surface area contributed by atoms with Gasteiger partial charge in [0.25, 0.3) is 0 Å². The third-order valence-electron chi connectivity index (χ3n) is 4.34. The number of nitrogens with zero attached hydrogens (tertiary/aromatic N) is 3. The number of carbonyl (C=O) groups excluding carboxylic acids is 1. The Balaban J connectivity index is 2.25. The maximum atomic E-state index is 12.7. The Kier molecular flexibility index (Phi) is 5.75. The SMILES string of the molecule is Cc1nn(C(C)C)c(C)c1NC(=O)N(CCO)[C@@H]1CS(=O)(=O)C[C@H]1O. The van der Waals surface area contributed by atoms with E-state index in [0.717, 1.165) is 5.69 Å². The zero-order valence-electron chi connectivity index (χ0n) is 14.9. The molecule has 1 fully saturated rings. The van der Waals surface area contributed by atoms with Crippen LogP contribution in [0.25, 0.3) is 0 Å². The van der Waals surface area contributed by atoms with Crippen molar-refractivity contribution in [1.82, 2.24) is 14.7 Å². The third-order valence-corrected chi connectivity index (χ3v) is 6.04. The number of urea groups is 1. The summed E-state index contributed by atoms with van der Waals surface area (Å²) in [5.41, 5.74) is 1.98. The summed E-state index contributed by atoms with van der Waals surface area (Å²) in [6.07, 6.45) is -1.16. The first-order valence-electron chi connectivity index (χ1n) is 8.20. The Hall–Kier alpha value is -1.65. The van der Waals surface area contributed by atoms with Crippen LogP contribution in [0, 0.1) is 13.8 Å². The third kappa shape index (κ3) is 4.13. The summed E-state index contributed by atoms with van der Waals surface area (Å²) in [6.45, 7) is 7.15. The van der Waals surface area contributed by atoms with Gasteiger partial charge in [-0.25, -0.2) is 13.2 Å². The molecule has 142 valence electrons. The van der Waals surface area contributed by atoms with E-state index in [1.54, 1.807) is 11.6 Å². The molecule has 1 aliphatic rings. The fraction of sp³-hybridized carbons (Fsp3) is 0.733. The van der Waals surface area contributed by atoms with Gasteiger partial charge in [0.15, 0.2) is 9.84 Å². The average molecular weight is 374 g/mol. The highest BCUT2D eigenvalue weighted by Gasteiger charge is 2.41. The topological polar surface area (TPSA) is 125 Å². The molecule has 0 bridgehead atoms. The van der Waals surface area contributed by atoms with E-state index >= 15 is 0 Å². The quantitative estimate of drug-likeness (QED) is 0.670. The summed E-state index contributed by atoms with van der Waals surface area (Å²) in [6, 6.07) is -1.32. The fourth-order valence-electron chi connectivity index (χ4n) is 3.16. The summed E-state index contributed by atoms with van der Waals surface area (Å²) < 4.78 is 25.3.